The van der Waals surface area contributed by atoms with Gasteiger partial charge in [0.1, 0.15) is 0 Å². The minimum Gasteiger partial charge on any atom is -0.228 e. The standard InChI is InChI=1S/C59H36N2/c1-3-16-37(17-4-1)55-36-56(38-18-5-2-6-19-38)61-58(60-55)40-30-32-44-42-20-7-8-21-43(42)48-26-15-25-41(57(48)50(44)35-40)39-31-33-54-49(34-39)47-24-11-14-29-53(47)59(54)51-27-12-9-22-45(51)46-23-10-13-28-52(46)59/h1-36H. The Hall–Kier alpha value is -7.94. The first-order valence-electron chi connectivity index (χ1n) is 21.1. The molecular formula is C59H36N2. The highest BCUT2D eigenvalue weighted by molar-refractivity contribution is 6.29. The van der Waals surface area contributed by atoms with Crippen molar-refractivity contribution in [1.82, 2.24) is 9.97 Å². The summed E-state index contributed by atoms with van der Waals surface area (Å²) in [6.45, 7) is 0. The van der Waals surface area contributed by atoms with Crippen LogP contribution in [0.2, 0.25) is 0 Å². The summed E-state index contributed by atoms with van der Waals surface area (Å²) in [4.78, 5) is 10.5. The SMILES string of the molecule is c1ccc(-c2cc(-c3ccccc3)nc(-c3ccc4c5ccccc5c5cccc(-c6ccc7c(c6)-c6ccccc6C76c7ccccc7-c7ccccc76)c5c4c3)n2)cc1. The molecular weight excluding hydrogens is 737 g/mol. The van der Waals surface area contributed by atoms with E-state index < -0.39 is 0 Å². The minimum absolute atomic E-state index is 0.374. The smallest absolute Gasteiger partial charge is 0.160 e. The molecule has 0 radical (unpaired) electrons. The van der Waals surface area contributed by atoms with Gasteiger partial charge in [0.25, 0.3) is 0 Å². The number of aromatic nitrogens is 2. The molecule has 13 rings (SSSR count). The number of rotatable bonds is 4. The van der Waals surface area contributed by atoms with E-state index in [0.717, 1.165) is 28.1 Å². The van der Waals surface area contributed by atoms with Gasteiger partial charge in [0.2, 0.25) is 0 Å². The van der Waals surface area contributed by atoms with Gasteiger partial charge in [-0.05, 0) is 106 Å². The molecule has 0 aliphatic heterocycles. The molecule has 2 aliphatic rings. The molecule has 1 aromatic heterocycles. The molecule has 10 aromatic carbocycles. The van der Waals surface area contributed by atoms with Crippen LogP contribution in [0.1, 0.15) is 22.3 Å². The van der Waals surface area contributed by atoms with E-state index in [1.54, 1.807) is 0 Å². The van der Waals surface area contributed by atoms with Crippen LogP contribution in [0.3, 0.4) is 0 Å². The molecule has 2 heteroatoms. The molecule has 0 N–H and O–H groups in total. The van der Waals surface area contributed by atoms with E-state index in [1.165, 1.54) is 88.0 Å². The lowest BCUT2D eigenvalue weighted by Gasteiger charge is -2.30. The van der Waals surface area contributed by atoms with E-state index in [-0.39, 0.29) is 5.41 Å². The average molecular weight is 773 g/mol. The number of hydrogen-bond acceptors (Lipinski definition) is 2. The Labute approximate surface area is 354 Å². The highest BCUT2D eigenvalue weighted by Gasteiger charge is 2.51. The maximum absolute atomic E-state index is 5.25. The quantitative estimate of drug-likeness (QED) is 0.167. The largest absolute Gasteiger partial charge is 0.228 e. The molecule has 0 bridgehead atoms. The van der Waals surface area contributed by atoms with E-state index in [2.05, 4.69) is 206 Å². The van der Waals surface area contributed by atoms with Crippen molar-refractivity contribution in [2.45, 2.75) is 5.41 Å². The van der Waals surface area contributed by atoms with E-state index in [1.807, 2.05) is 12.1 Å². The second kappa shape index (κ2) is 13.0. The molecule has 0 atom stereocenters. The number of hydrogen-bond donors (Lipinski definition) is 0. The molecule has 2 nitrogen and oxygen atoms in total. The molecule has 0 unspecified atom stereocenters. The summed E-state index contributed by atoms with van der Waals surface area (Å²) in [5.74, 6) is 0.706. The Kier molecular flexibility index (Phi) is 7.26. The molecule has 1 heterocycles. The Morgan fingerprint density at radius 1 is 0.262 bits per heavy atom. The summed E-state index contributed by atoms with van der Waals surface area (Å²) in [5.41, 5.74) is 17.6. The van der Waals surface area contributed by atoms with Gasteiger partial charge in [-0.1, -0.05) is 200 Å². The Morgan fingerprint density at radius 3 is 1.34 bits per heavy atom. The highest BCUT2D eigenvalue weighted by atomic mass is 14.9. The Bertz CT molecular complexity index is 3480. The van der Waals surface area contributed by atoms with Crippen LogP contribution >= 0.6 is 0 Å². The predicted octanol–water partition coefficient (Wildman–Crippen LogP) is 14.9. The van der Waals surface area contributed by atoms with Crippen LogP contribution in [0.25, 0.3) is 99.6 Å². The van der Waals surface area contributed by atoms with Crippen LogP contribution in [0, 0.1) is 0 Å². The van der Waals surface area contributed by atoms with Crippen molar-refractivity contribution in [2.24, 2.45) is 0 Å². The molecule has 2 aliphatic carbocycles. The predicted molar refractivity (Wildman–Crippen MR) is 253 cm³/mol. The first-order valence-corrected chi connectivity index (χ1v) is 21.1. The number of fused-ring (bicyclic) bond motifs is 16. The normalized spacial score (nSPS) is 13.0. The van der Waals surface area contributed by atoms with Gasteiger partial charge in [-0.15, -0.1) is 0 Å². The van der Waals surface area contributed by atoms with Crippen LogP contribution in [-0.4, -0.2) is 9.97 Å². The second-order valence-electron chi connectivity index (χ2n) is 16.4. The fraction of sp³-hybridized carbons (Fsp3) is 0.0169. The molecule has 282 valence electrons. The lowest BCUT2D eigenvalue weighted by molar-refractivity contribution is 0.794. The van der Waals surface area contributed by atoms with Gasteiger partial charge in [-0.3, -0.25) is 0 Å². The fourth-order valence-electron chi connectivity index (χ4n) is 10.7. The van der Waals surface area contributed by atoms with Crippen molar-refractivity contribution in [3.8, 4) is 67.3 Å². The molecule has 0 saturated carbocycles. The van der Waals surface area contributed by atoms with Crippen molar-refractivity contribution in [3.63, 3.8) is 0 Å². The van der Waals surface area contributed by atoms with Crippen molar-refractivity contribution in [3.05, 3.63) is 241 Å². The topological polar surface area (TPSA) is 25.8 Å². The van der Waals surface area contributed by atoms with Gasteiger partial charge in [-0.2, -0.15) is 0 Å². The van der Waals surface area contributed by atoms with Gasteiger partial charge in [0, 0.05) is 16.7 Å². The van der Waals surface area contributed by atoms with E-state index in [0.29, 0.717) is 5.82 Å². The van der Waals surface area contributed by atoms with Gasteiger partial charge in [-0.25, -0.2) is 9.97 Å². The zero-order valence-electron chi connectivity index (χ0n) is 33.2. The van der Waals surface area contributed by atoms with Crippen LogP contribution in [0.5, 0.6) is 0 Å². The van der Waals surface area contributed by atoms with Crippen LogP contribution < -0.4 is 0 Å². The lowest BCUT2D eigenvalue weighted by atomic mass is 9.70. The molecule has 1 spiro atoms. The molecule has 61 heavy (non-hydrogen) atoms. The molecule has 0 saturated heterocycles. The van der Waals surface area contributed by atoms with Crippen molar-refractivity contribution in [1.29, 1.82) is 0 Å². The fourth-order valence-corrected chi connectivity index (χ4v) is 10.7. The maximum atomic E-state index is 5.25. The number of nitrogens with zero attached hydrogens (tertiary/aromatic N) is 2. The first kappa shape index (κ1) is 34.0. The average Bonchev–Trinajstić information content (AvgIpc) is 3.81. The van der Waals surface area contributed by atoms with Crippen molar-refractivity contribution in [2.75, 3.05) is 0 Å². The van der Waals surface area contributed by atoms with E-state index in [9.17, 15) is 0 Å². The summed E-state index contributed by atoms with van der Waals surface area (Å²) in [5, 5.41) is 7.36. The van der Waals surface area contributed by atoms with Crippen molar-refractivity contribution < 1.29 is 0 Å². The molecule has 0 amide bonds. The van der Waals surface area contributed by atoms with Gasteiger partial charge >= 0.3 is 0 Å². The highest BCUT2D eigenvalue weighted by Crippen LogP contribution is 2.63. The minimum atomic E-state index is -0.374. The zero-order valence-corrected chi connectivity index (χ0v) is 33.2. The monoisotopic (exact) mass is 772 g/mol. The van der Waals surface area contributed by atoms with Gasteiger partial charge in [0.05, 0.1) is 16.8 Å². The van der Waals surface area contributed by atoms with Crippen LogP contribution in [-0.2, 0) is 5.41 Å². The van der Waals surface area contributed by atoms with Crippen molar-refractivity contribution >= 4 is 32.3 Å². The third kappa shape index (κ3) is 4.85. The van der Waals surface area contributed by atoms with Gasteiger partial charge in [0.15, 0.2) is 5.82 Å². The Morgan fingerprint density at radius 2 is 0.721 bits per heavy atom. The summed E-state index contributed by atoms with van der Waals surface area (Å²) in [6, 6.07) is 79.8. The third-order valence-electron chi connectivity index (χ3n) is 13.3. The summed E-state index contributed by atoms with van der Waals surface area (Å²) in [7, 11) is 0. The number of benzene rings is 10. The second-order valence-corrected chi connectivity index (χ2v) is 16.4. The van der Waals surface area contributed by atoms with E-state index >= 15 is 0 Å². The molecule has 0 fully saturated rings. The third-order valence-corrected chi connectivity index (χ3v) is 13.3. The summed E-state index contributed by atoms with van der Waals surface area (Å²) >= 11 is 0. The molecule has 11 aromatic rings. The van der Waals surface area contributed by atoms with Crippen LogP contribution in [0.4, 0.5) is 0 Å². The Balaban J connectivity index is 1.06. The lowest BCUT2D eigenvalue weighted by Crippen LogP contribution is -2.25. The maximum Gasteiger partial charge on any atom is 0.160 e. The first-order chi connectivity index (χ1) is 30.3. The van der Waals surface area contributed by atoms with Gasteiger partial charge < -0.3 is 0 Å². The zero-order chi connectivity index (χ0) is 40.1. The summed E-state index contributed by atoms with van der Waals surface area (Å²) < 4.78 is 0. The van der Waals surface area contributed by atoms with E-state index in [4.69, 9.17) is 9.97 Å². The van der Waals surface area contributed by atoms with Crippen LogP contribution in [0.15, 0.2) is 218 Å². The summed E-state index contributed by atoms with van der Waals surface area (Å²) in [6.07, 6.45) is 0.